The number of halogens is 1. The number of fused-ring (bicyclic) bond motifs is 1. The lowest BCUT2D eigenvalue weighted by atomic mass is 10.3. The molecule has 3 rings (SSSR count). The van der Waals surface area contributed by atoms with Crippen molar-refractivity contribution in [1.82, 2.24) is 4.98 Å². The van der Waals surface area contributed by atoms with Gasteiger partial charge in [0.2, 0.25) is 0 Å². The van der Waals surface area contributed by atoms with Crippen LogP contribution >= 0.6 is 11.6 Å². The first-order valence-electron chi connectivity index (χ1n) is 4.90. The smallest absolute Gasteiger partial charge is 0.130 e. The van der Waals surface area contributed by atoms with Crippen LogP contribution in [0.4, 0.5) is 11.5 Å². The molecule has 14 heavy (non-hydrogen) atoms. The molecule has 0 spiro atoms. The van der Waals surface area contributed by atoms with Gasteiger partial charge in [0, 0.05) is 25.4 Å². The monoisotopic (exact) mass is 209 g/mol. The van der Waals surface area contributed by atoms with Gasteiger partial charge >= 0.3 is 0 Å². The van der Waals surface area contributed by atoms with E-state index >= 15 is 0 Å². The molecule has 74 valence electrons. The fourth-order valence-electron chi connectivity index (χ4n) is 2.20. The van der Waals surface area contributed by atoms with E-state index in [1.165, 1.54) is 6.42 Å². The van der Waals surface area contributed by atoms with Crippen molar-refractivity contribution in [3.63, 3.8) is 0 Å². The van der Waals surface area contributed by atoms with E-state index in [0.29, 0.717) is 10.7 Å². The molecule has 2 unspecified atom stereocenters. The van der Waals surface area contributed by atoms with Gasteiger partial charge < -0.3 is 10.6 Å². The maximum Gasteiger partial charge on any atom is 0.130 e. The van der Waals surface area contributed by atoms with Crippen molar-refractivity contribution in [2.24, 2.45) is 11.8 Å². The lowest BCUT2D eigenvalue weighted by molar-refractivity contribution is 0.806. The van der Waals surface area contributed by atoms with E-state index in [4.69, 9.17) is 17.3 Å². The SMILES string of the molecule is Nc1cc(N2CC3CC3C2)ncc1Cl. The molecular weight excluding hydrogens is 198 g/mol. The van der Waals surface area contributed by atoms with Crippen LogP contribution in [-0.2, 0) is 0 Å². The molecular formula is C10H12ClN3. The maximum absolute atomic E-state index is 5.82. The van der Waals surface area contributed by atoms with E-state index in [2.05, 4.69) is 9.88 Å². The third-order valence-electron chi connectivity index (χ3n) is 3.17. The zero-order valence-electron chi connectivity index (χ0n) is 7.78. The van der Waals surface area contributed by atoms with Gasteiger partial charge in [-0.3, -0.25) is 0 Å². The highest BCUT2D eigenvalue weighted by molar-refractivity contribution is 6.32. The summed E-state index contributed by atoms with van der Waals surface area (Å²) in [5, 5.41) is 0.540. The molecule has 0 bridgehead atoms. The molecule has 1 saturated carbocycles. The highest BCUT2D eigenvalue weighted by atomic mass is 35.5. The van der Waals surface area contributed by atoms with Crippen molar-refractivity contribution < 1.29 is 0 Å². The van der Waals surface area contributed by atoms with Gasteiger partial charge in [-0.1, -0.05) is 11.6 Å². The molecule has 2 aliphatic rings. The average Bonchev–Trinajstić information content (AvgIpc) is 2.78. The fourth-order valence-corrected chi connectivity index (χ4v) is 2.30. The number of nitrogens with two attached hydrogens (primary N) is 1. The lowest BCUT2D eigenvalue weighted by Gasteiger charge is -2.19. The van der Waals surface area contributed by atoms with E-state index in [1.807, 2.05) is 6.07 Å². The van der Waals surface area contributed by atoms with Gasteiger partial charge in [0.05, 0.1) is 10.7 Å². The van der Waals surface area contributed by atoms with Crippen molar-refractivity contribution in [2.75, 3.05) is 23.7 Å². The number of anilines is 2. The van der Waals surface area contributed by atoms with Crippen LogP contribution in [0.2, 0.25) is 5.02 Å². The molecule has 0 aromatic carbocycles. The Kier molecular flexibility index (Phi) is 1.65. The highest BCUT2D eigenvalue weighted by Gasteiger charge is 2.45. The van der Waals surface area contributed by atoms with Crippen molar-refractivity contribution in [2.45, 2.75) is 6.42 Å². The van der Waals surface area contributed by atoms with Crippen LogP contribution in [-0.4, -0.2) is 18.1 Å². The molecule has 1 aromatic heterocycles. The molecule has 1 aliphatic carbocycles. The Morgan fingerprint density at radius 2 is 2.14 bits per heavy atom. The Bertz CT molecular complexity index is 370. The van der Waals surface area contributed by atoms with Gasteiger partial charge in [-0.25, -0.2) is 4.98 Å². The van der Waals surface area contributed by atoms with Crippen molar-refractivity contribution in [1.29, 1.82) is 0 Å². The minimum absolute atomic E-state index is 0.540. The number of nitrogens with zero attached hydrogens (tertiary/aromatic N) is 2. The van der Waals surface area contributed by atoms with Crippen LogP contribution in [0.1, 0.15) is 6.42 Å². The van der Waals surface area contributed by atoms with Gasteiger partial charge in [0.15, 0.2) is 0 Å². The van der Waals surface area contributed by atoms with Gasteiger partial charge in [0.25, 0.3) is 0 Å². The molecule has 1 aromatic rings. The Morgan fingerprint density at radius 1 is 1.43 bits per heavy atom. The first kappa shape index (κ1) is 8.36. The summed E-state index contributed by atoms with van der Waals surface area (Å²) in [6.07, 6.45) is 3.04. The van der Waals surface area contributed by atoms with Crippen molar-refractivity contribution in [3.8, 4) is 0 Å². The average molecular weight is 210 g/mol. The normalized spacial score (nSPS) is 29.1. The Balaban J connectivity index is 1.86. The zero-order valence-corrected chi connectivity index (χ0v) is 8.54. The van der Waals surface area contributed by atoms with E-state index in [-0.39, 0.29) is 0 Å². The van der Waals surface area contributed by atoms with Crippen LogP contribution in [0.25, 0.3) is 0 Å². The van der Waals surface area contributed by atoms with Gasteiger partial charge in [0.1, 0.15) is 5.82 Å². The predicted octanol–water partition coefficient (Wildman–Crippen LogP) is 1.77. The molecule has 2 atom stereocenters. The maximum atomic E-state index is 5.82. The molecule has 1 aliphatic heterocycles. The molecule has 2 N–H and O–H groups in total. The van der Waals surface area contributed by atoms with Gasteiger partial charge in [-0.15, -0.1) is 0 Å². The van der Waals surface area contributed by atoms with Gasteiger partial charge in [-0.05, 0) is 18.3 Å². The number of hydrogen-bond donors (Lipinski definition) is 1. The fraction of sp³-hybridized carbons (Fsp3) is 0.500. The predicted molar refractivity (Wildman–Crippen MR) is 57.5 cm³/mol. The molecule has 1 saturated heterocycles. The summed E-state index contributed by atoms with van der Waals surface area (Å²) in [5.41, 5.74) is 6.36. The third kappa shape index (κ3) is 1.23. The number of nitrogen functional groups attached to an aromatic ring is 1. The molecule has 2 heterocycles. The summed E-state index contributed by atoms with van der Waals surface area (Å²) in [7, 11) is 0. The quantitative estimate of drug-likeness (QED) is 0.767. The summed E-state index contributed by atoms with van der Waals surface area (Å²) >= 11 is 5.82. The van der Waals surface area contributed by atoms with Gasteiger partial charge in [-0.2, -0.15) is 0 Å². The molecule has 3 nitrogen and oxygen atoms in total. The number of hydrogen-bond acceptors (Lipinski definition) is 3. The minimum Gasteiger partial charge on any atom is -0.397 e. The summed E-state index contributed by atoms with van der Waals surface area (Å²) in [6, 6.07) is 1.87. The summed E-state index contributed by atoms with van der Waals surface area (Å²) in [5.74, 6) is 2.79. The van der Waals surface area contributed by atoms with E-state index in [0.717, 1.165) is 30.7 Å². The standard InChI is InChI=1S/C10H12ClN3/c11-8-3-13-10(2-9(8)12)14-4-6-1-7(6)5-14/h2-3,6-7H,1,4-5H2,(H2,12,13). The van der Waals surface area contributed by atoms with Crippen LogP contribution in [0.15, 0.2) is 12.3 Å². The van der Waals surface area contributed by atoms with E-state index < -0.39 is 0 Å². The van der Waals surface area contributed by atoms with Crippen LogP contribution in [0, 0.1) is 11.8 Å². The number of piperidine rings is 1. The molecule has 0 amide bonds. The Labute approximate surface area is 87.9 Å². The second-order valence-electron chi connectivity index (χ2n) is 4.22. The Morgan fingerprint density at radius 3 is 2.79 bits per heavy atom. The first-order valence-corrected chi connectivity index (χ1v) is 5.28. The largest absolute Gasteiger partial charge is 0.397 e. The first-order chi connectivity index (χ1) is 6.74. The Hall–Kier alpha value is -0.960. The zero-order chi connectivity index (χ0) is 9.71. The summed E-state index contributed by atoms with van der Waals surface area (Å²) in [4.78, 5) is 6.59. The third-order valence-corrected chi connectivity index (χ3v) is 3.49. The topological polar surface area (TPSA) is 42.1 Å². The minimum atomic E-state index is 0.540. The summed E-state index contributed by atoms with van der Waals surface area (Å²) < 4.78 is 0. The van der Waals surface area contributed by atoms with Crippen molar-refractivity contribution >= 4 is 23.1 Å². The number of aromatic nitrogens is 1. The molecule has 0 radical (unpaired) electrons. The summed E-state index contributed by atoms with van der Waals surface area (Å²) in [6.45, 7) is 2.28. The molecule has 2 fully saturated rings. The van der Waals surface area contributed by atoms with E-state index in [9.17, 15) is 0 Å². The highest BCUT2D eigenvalue weighted by Crippen LogP contribution is 2.46. The second kappa shape index (κ2) is 2.76. The number of pyridine rings is 1. The van der Waals surface area contributed by atoms with Crippen LogP contribution < -0.4 is 10.6 Å². The van der Waals surface area contributed by atoms with E-state index in [1.54, 1.807) is 6.20 Å². The molecule has 4 heteroatoms. The van der Waals surface area contributed by atoms with Crippen molar-refractivity contribution in [3.05, 3.63) is 17.3 Å². The van der Waals surface area contributed by atoms with Crippen LogP contribution in [0.3, 0.4) is 0 Å². The second-order valence-corrected chi connectivity index (χ2v) is 4.63. The number of rotatable bonds is 1. The van der Waals surface area contributed by atoms with Crippen LogP contribution in [0.5, 0.6) is 0 Å². The lowest BCUT2D eigenvalue weighted by Crippen LogP contribution is -2.22.